The summed E-state index contributed by atoms with van der Waals surface area (Å²) in [4.78, 5) is 0.0756. The van der Waals surface area contributed by atoms with E-state index in [2.05, 4.69) is 31.9 Å². The van der Waals surface area contributed by atoms with Gasteiger partial charge >= 0.3 is 0 Å². The maximum Gasteiger partial charge on any atom is 0.262 e. The molecule has 13 heavy (non-hydrogen) atoms. The van der Waals surface area contributed by atoms with Gasteiger partial charge in [-0.1, -0.05) is 15.9 Å². The van der Waals surface area contributed by atoms with E-state index < -0.39 is 9.05 Å². The van der Waals surface area contributed by atoms with E-state index in [1.54, 1.807) is 6.07 Å². The molecule has 0 radical (unpaired) electrons. The summed E-state index contributed by atoms with van der Waals surface area (Å²) in [5, 5.41) is 0. The number of rotatable bonds is 1. The molecule has 1 aromatic rings. The standard InChI is InChI=1S/C7H5Br2ClO2S/c1-4-2-6(9)7(3-5(4)8)13(10,11)12/h2-3H,1H3. The summed E-state index contributed by atoms with van der Waals surface area (Å²) in [5.74, 6) is 0. The van der Waals surface area contributed by atoms with E-state index in [0.717, 1.165) is 10.0 Å². The van der Waals surface area contributed by atoms with Crippen molar-refractivity contribution in [2.24, 2.45) is 0 Å². The molecule has 72 valence electrons. The minimum absolute atomic E-state index is 0.0756. The molecule has 0 fully saturated rings. The fourth-order valence-corrected chi connectivity index (χ4v) is 3.62. The Kier molecular flexibility index (Phi) is 3.43. The Labute approximate surface area is 98.0 Å². The zero-order chi connectivity index (χ0) is 10.2. The van der Waals surface area contributed by atoms with Gasteiger partial charge in [0.1, 0.15) is 0 Å². The van der Waals surface area contributed by atoms with Gasteiger partial charge in [0.2, 0.25) is 0 Å². The summed E-state index contributed by atoms with van der Waals surface area (Å²) in [6, 6.07) is 3.17. The van der Waals surface area contributed by atoms with Crippen molar-refractivity contribution in [3.63, 3.8) is 0 Å². The Hall–Kier alpha value is 0.420. The van der Waals surface area contributed by atoms with Crippen molar-refractivity contribution in [2.45, 2.75) is 11.8 Å². The van der Waals surface area contributed by atoms with E-state index >= 15 is 0 Å². The van der Waals surface area contributed by atoms with Crippen molar-refractivity contribution in [2.75, 3.05) is 0 Å². The number of hydrogen-bond donors (Lipinski definition) is 0. The summed E-state index contributed by atoms with van der Waals surface area (Å²) in [6.45, 7) is 1.86. The molecule has 0 amide bonds. The fraction of sp³-hybridized carbons (Fsp3) is 0.143. The van der Waals surface area contributed by atoms with Gasteiger partial charge in [-0.15, -0.1) is 0 Å². The largest absolute Gasteiger partial charge is 0.262 e. The molecule has 6 heteroatoms. The molecule has 0 bridgehead atoms. The first-order chi connectivity index (χ1) is 5.82. The lowest BCUT2D eigenvalue weighted by Crippen LogP contribution is -1.93. The van der Waals surface area contributed by atoms with Crippen LogP contribution in [0.15, 0.2) is 26.0 Å². The average molecular weight is 348 g/mol. The van der Waals surface area contributed by atoms with Crippen LogP contribution in [-0.4, -0.2) is 8.42 Å². The topological polar surface area (TPSA) is 34.1 Å². The van der Waals surface area contributed by atoms with Gasteiger partial charge < -0.3 is 0 Å². The highest BCUT2D eigenvalue weighted by Crippen LogP contribution is 2.30. The van der Waals surface area contributed by atoms with E-state index in [1.807, 2.05) is 6.92 Å². The lowest BCUT2D eigenvalue weighted by atomic mass is 10.2. The SMILES string of the molecule is Cc1cc(Br)c(S(=O)(=O)Cl)cc1Br. The Bertz CT molecular complexity index is 442. The third kappa shape index (κ3) is 2.68. The van der Waals surface area contributed by atoms with Crippen LogP contribution in [0, 0.1) is 6.92 Å². The monoisotopic (exact) mass is 346 g/mol. The summed E-state index contributed by atoms with van der Waals surface area (Å²) in [7, 11) is 1.53. The normalized spacial score (nSPS) is 11.7. The third-order valence-electron chi connectivity index (χ3n) is 1.48. The highest BCUT2D eigenvalue weighted by atomic mass is 79.9. The molecule has 0 heterocycles. The molecule has 0 aliphatic heterocycles. The summed E-state index contributed by atoms with van der Waals surface area (Å²) in [6.07, 6.45) is 0. The maximum atomic E-state index is 11.0. The fourth-order valence-electron chi connectivity index (χ4n) is 0.815. The first-order valence-corrected chi connectivity index (χ1v) is 7.12. The van der Waals surface area contributed by atoms with Crippen LogP contribution in [0.4, 0.5) is 0 Å². The predicted octanol–water partition coefficient (Wildman–Crippen LogP) is 3.45. The summed E-state index contributed by atoms with van der Waals surface area (Å²) >= 11 is 6.36. The first kappa shape index (κ1) is 11.5. The van der Waals surface area contributed by atoms with Gasteiger partial charge in [-0.3, -0.25) is 0 Å². The molecule has 0 unspecified atom stereocenters. The van der Waals surface area contributed by atoms with Gasteiger partial charge in [-0.05, 0) is 40.5 Å². The first-order valence-electron chi connectivity index (χ1n) is 3.22. The number of aryl methyl sites for hydroxylation is 1. The van der Waals surface area contributed by atoms with Crippen LogP contribution >= 0.6 is 42.5 Å². The van der Waals surface area contributed by atoms with Gasteiger partial charge in [0.05, 0.1) is 4.90 Å². The quantitative estimate of drug-likeness (QED) is 0.729. The Morgan fingerprint density at radius 3 is 2.23 bits per heavy atom. The molecular weight excluding hydrogens is 343 g/mol. The van der Waals surface area contributed by atoms with Crippen molar-refractivity contribution in [3.05, 3.63) is 26.6 Å². The molecular formula is C7H5Br2ClO2S. The summed E-state index contributed by atoms with van der Waals surface area (Å²) in [5.41, 5.74) is 0.941. The van der Waals surface area contributed by atoms with Crippen LogP contribution in [0.1, 0.15) is 5.56 Å². The number of benzene rings is 1. The van der Waals surface area contributed by atoms with Gasteiger partial charge in [-0.2, -0.15) is 0 Å². The van der Waals surface area contributed by atoms with E-state index in [1.165, 1.54) is 6.07 Å². The van der Waals surface area contributed by atoms with Gasteiger partial charge in [0.25, 0.3) is 9.05 Å². The zero-order valence-electron chi connectivity index (χ0n) is 6.51. The molecule has 2 nitrogen and oxygen atoms in total. The molecule has 0 spiro atoms. The molecule has 0 saturated carbocycles. The van der Waals surface area contributed by atoms with E-state index in [0.29, 0.717) is 4.47 Å². The van der Waals surface area contributed by atoms with Crippen molar-refractivity contribution in [3.8, 4) is 0 Å². The Morgan fingerprint density at radius 2 is 1.77 bits per heavy atom. The van der Waals surface area contributed by atoms with Crippen LogP contribution < -0.4 is 0 Å². The van der Waals surface area contributed by atoms with Crippen LogP contribution in [0.5, 0.6) is 0 Å². The number of halogens is 3. The smallest absolute Gasteiger partial charge is 0.207 e. The van der Waals surface area contributed by atoms with Crippen LogP contribution in [0.3, 0.4) is 0 Å². The lowest BCUT2D eigenvalue weighted by Gasteiger charge is -2.03. The summed E-state index contributed by atoms with van der Waals surface area (Å²) < 4.78 is 23.3. The Morgan fingerprint density at radius 1 is 1.23 bits per heavy atom. The second kappa shape index (κ2) is 3.88. The second-order valence-corrected chi connectivity index (χ2v) is 6.71. The second-order valence-electron chi connectivity index (χ2n) is 2.47. The number of hydrogen-bond acceptors (Lipinski definition) is 2. The molecule has 0 aliphatic carbocycles. The lowest BCUT2D eigenvalue weighted by molar-refractivity contribution is 0.609. The van der Waals surface area contributed by atoms with Crippen molar-refractivity contribution < 1.29 is 8.42 Å². The molecule has 0 aromatic heterocycles. The molecule has 0 saturated heterocycles. The van der Waals surface area contributed by atoms with Gasteiger partial charge in [-0.25, -0.2) is 8.42 Å². The van der Waals surface area contributed by atoms with E-state index in [4.69, 9.17) is 10.7 Å². The third-order valence-corrected chi connectivity index (χ3v) is 4.61. The minimum atomic E-state index is -3.68. The van der Waals surface area contributed by atoms with Crippen LogP contribution in [0.2, 0.25) is 0 Å². The van der Waals surface area contributed by atoms with Crippen molar-refractivity contribution >= 4 is 51.6 Å². The molecule has 0 aliphatic rings. The average Bonchev–Trinajstić information content (AvgIpc) is 1.94. The Balaban J connectivity index is 3.50. The van der Waals surface area contributed by atoms with Gasteiger partial charge in [0, 0.05) is 19.6 Å². The molecule has 0 atom stereocenters. The van der Waals surface area contributed by atoms with Gasteiger partial charge in [0.15, 0.2) is 0 Å². The highest BCUT2D eigenvalue weighted by Gasteiger charge is 2.15. The minimum Gasteiger partial charge on any atom is -0.207 e. The molecule has 1 rings (SSSR count). The van der Waals surface area contributed by atoms with E-state index in [-0.39, 0.29) is 4.90 Å². The van der Waals surface area contributed by atoms with Crippen LogP contribution in [-0.2, 0) is 9.05 Å². The van der Waals surface area contributed by atoms with Crippen molar-refractivity contribution in [1.82, 2.24) is 0 Å². The zero-order valence-corrected chi connectivity index (χ0v) is 11.3. The molecule has 0 N–H and O–H groups in total. The highest BCUT2D eigenvalue weighted by molar-refractivity contribution is 9.11. The van der Waals surface area contributed by atoms with E-state index in [9.17, 15) is 8.42 Å². The maximum absolute atomic E-state index is 11.0. The van der Waals surface area contributed by atoms with Crippen molar-refractivity contribution in [1.29, 1.82) is 0 Å². The van der Waals surface area contributed by atoms with Crippen LogP contribution in [0.25, 0.3) is 0 Å². The predicted molar refractivity (Wildman–Crippen MR) is 59.6 cm³/mol. The molecule has 1 aromatic carbocycles.